The Morgan fingerprint density at radius 2 is 2.12 bits per heavy atom. The Bertz CT molecular complexity index is 231. The summed E-state index contributed by atoms with van der Waals surface area (Å²) in [5, 5.41) is 13.0. The van der Waals surface area contributed by atoms with Crippen LogP contribution in [0.3, 0.4) is 0 Å². The quantitative estimate of drug-likeness (QED) is 0.747. The summed E-state index contributed by atoms with van der Waals surface area (Å²) in [6, 6.07) is 0. The van der Waals surface area contributed by atoms with Crippen molar-refractivity contribution in [3.8, 4) is 0 Å². The lowest BCUT2D eigenvalue weighted by atomic mass is 9.89. The summed E-state index contributed by atoms with van der Waals surface area (Å²) < 4.78 is 11.6. The van der Waals surface area contributed by atoms with Gasteiger partial charge >= 0.3 is 0 Å². The number of hydrogen-bond donors (Lipinski definition) is 2. The van der Waals surface area contributed by atoms with Crippen LogP contribution < -0.4 is 5.32 Å². The van der Waals surface area contributed by atoms with Crippen LogP contribution in [0.5, 0.6) is 0 Å². The van der Waals surface area contributed by atoms with Crippen molar-refractivity contribution in [2.75, 3.05) is 26.3 Å². The van der Waals surface area contributed by atoms with E-state index in [0.717, 1.165) is 32.4 Å². The lowest BCUT2D eigenvalue weighted by Crippen LogP contribution is -2.41. The van der Waals surface area contributed by atoms with Gasteiger partial charge in [-0.1, -0.05) is 0 Å². The molecule has 0 aromatic heterocycles. The Morgan fingerprint density at radius 3 is 2.75 bits per heavy atom. The first-order chi connectivity index (χ1) is 7.49. The fraction of sp³-hybridized carbons (Fsp3) is 1.00. The highest BCUT2D eigenvalue weighted by molar-refractivity contribution is 4.93. The third-order valence-corrected chi connectivity index (χ3v) is 3.36. The van der Waals surface area contributed by atoms with E-state index in [1.165, 1.54) is 0 Å². The maximum absolute atomic E-state index is 9.60. The first-order valence-electron chi connectivity index (χ1n) is 6.18. The molecule has 0 aromatic rings. The summed E-state index contributed by atoms with van der Waals surface area (Å²) in [6.45, 7) is 6.67. The Morgan fingerprint density at radius 1 is 1.44 bits per heavy atom. The van der Waals surface area contributed by atoms with E-state index in [0.29, 0.717) is 13.2 Å². The third kappa shape index (κ3) is 3.17. The van der Waals surface area contributed by atoms with Crippen LogP contribution >= 0.6 is 0 Å². The van der Waals surface area contributed by atoms with Crippen molar-refractivity contribution in [1.29, 1.82) is 0 Å². The predicted molar refractivity (Wildman–Crippen MR) is 61.4 cm³/mol. The zero-order chi connectivity index (χ0) is 11.6. The first kappa shape index (κ1) is 12.3. The summed E-state index contributed by atoms with van der Waals surface area (Å²) in [5.74, 6) is 0. The van der Waals surface area contributed by atoms with Crippen molar-refractivity contribution in [3.05, 3.63) is 0 Å². The second-order valence-corrected chi connectivity index (χ2v) is 5.69. The van der Waals surface area contributed by atoms with Crippen molar-refractivity contribution in [2.45, 2.75) is 50.4 Å². The fourth-order valence-corrected chi connectivity index (χ4v) is 2.46. The molecule has 4 heteroatoms. The highest BCUT2D eigenvalue weighted by Gasteiger charge is 2.41. The van der Waals surface area contributed by atoms with Gasteiger partial charge in [0.1, 0.15) is 0 Å². The van der Waals surface area contributed by atoms with Crippen molar-refractivity contribution >= 4 is 0 Å². The molecule has 2 heterocycles. The van der Waals surface area contributed by atoms with Crippen molar-refractivity contribution < 1.29 is 14.6 Å². The maximum Gasteiger partial charge on any atom is 0.0837 e. The zero-order valence-electron chi connectivity index (χ0n) is 10.3. The maximum atomic E-state index is 9.60. The average Bonchev–Trinajstić information content (AvgIpc) is 2.59. The summed E-state index contributed by atoms with van der Waals surface area (Å²) in [7, 11) is 0. The highest BCUT2D eigenvalue weighted by atomic mass is 16.6. The second kappa shape index (κ2) is 4.61. The molecule has 2 aliphatic heterocycles. The average molecular weight is 229 g/mol. The third-order valence-electron chi connectivity index (χ3n) is 3.36. The molecule has 94 valence electrons. The van der Waals surface area contributed by atoms with Crippen molar-refractivity contribution in [3.63, 3.8) is 0 Å². The van der Waals surface area contributed by atoms with Crippen LogP contribution in [0.4, 0.5) is 0 Å². The number of rotatable bonds is 3. The standard InChI is InChI=1S/C12H23NO3/c1-11(2,14)9-15-10-7-12(16-8-10)3-5-13-6-4-12/h10,13-14H,3-9H2,1-2H3. The van der Waals surface area contributed by atoms with Crippen molar-refractivity contribution in [1.82, 2.24) is 5.32 Å². The summed E-state index contributed by atoms with van der Waals surface area (Å²) in [5.41, 5.74) is -0.695. The summed E-state index contributed by atoms with van der Waals surface area (Å²) in [6.07, 6.45) is 3.29. The van der Waals surface area contributed by atoms with E-state index in [1.807, 2.05) is 0 Å². The molecule has 2 saturated heterocycles. The van der Waals surface area contributed by atoms with E-state index in [-0.39, 0.29) is 11.7 Å². The molecule has 1 unspecified atom stereocenters. The molecule has 1 spiro atoms. The van der Waals surface area contributed by atoms with Gasteiger partial charge in [-0.05, 0) is 39.8 Å². The van der Waals surface area contributed by atoms with Crippen LogP contribution in [0.25, 0.3) is 0 Å². The molecular formula is C12H23NO3. The number of ether oxygens (including phenoxy) is 2. The number of aliphatic hydroxyl groups is 1. The molecule has 0 aromatic carbocycles. The van der Waals surface area contributed by atoms with Crippen LogP contribution in [-0.4, -0.2) is 48.7 Å². The molecule has 2 N–H and O–H groups in total. The van der Waals surface area contributed by atoms with E-state index >= 15 is 0 Å². The summed E-state index contributed by atoms with van der Waals surface area (Å²) >= 11 is 0. The van der Waals surface area contributed by atoms with Crippen LogP contribution in [-0.2, 0) is 9.47 Å². The van der Waals surface area contributed by atoms with Gasteiger partial charge in [0.2, 0.25) is 0 Å². The lowest BCUT2D eigenvalue weighted by molar-refractivity contribution is -0.0557. The van der Waals surface area contributed by atoms with Gasteiger partial charge in [-0.3, -0.25) is 0 Å². The molecular weight excluding hydrogens is 206 g/mol. The van der Waals surface area contributed by atoms with E-state index < -0.39 is 5.60 Å². The van der Waals surface area contributed by atoms with Gasteiger partial charge in [0.25, 0.3) is 0 Å². The fourth-order valence-electron chi connectivity index (χ4n) is 2.46. The van der Waals surface area contributed by atoms with E-state index in [1.54, 1.807) is 13.8 Å². The van der Waals surface area contributed by atoms with Gasteiger partial charge in [-0.15, -0.1) is 0 Å². The Labute approximate surface area is 97.3 Å². The van der Waals surface area contributed by atoms with E-state index in [2.05, 4.69) is 5.32 Å². The minimum atomic E-state index is -0.746. The van der Waals surface area contributed by atoms with Gasteiger partial charge in [0.15, 0.2) is 0 Å². The number of nitrogens with one attached hydrogen (secondary N) is 1. The van der Waals surface area contributed by atoms with Crippen LogP contribution in [0.15, 0.2) is 0 Å². The van der Waals surface area contributed by atoms with Crippen LogP contribution in [0, 0.1) is 0 Å². The van der Waals surface area contributed by atoms with Crippen molar-refractivity contribution in [2.24, 2.45) is 0 Å². The molecule has 0 saturated carbocycles. The van der Waals surface area contributed by atoms with Gasteiger partial charge < -0.3 is 19.9 Å². The molecule has 0 aliphatic carbocycles. The second-order valence-electron chi connectivity index (χ2n) is 5.69. The summed E-state index contributed by atoms with van der Waals surface area (Å²) in [4.78, 5) is 0. The monoisotopic (exact) mass is 229 g/mol. The molecule has 0 bridgehead atoms. The lowest BCUT2D eigenvalue weighted by Gasteiger charge is -2.32. The molecule has 2 fully saturated rings. The molecule has 1 atom stereocenters. The molecule has 4 nitrogen and oxygen atoms in total. The minimum absolute atomic E-state index is 0.0511. The first-order valence-corrected chi connectivity index (χ1v) is 6.18. The van der Waals surface area contributed by atoms with E-state index in [4.69, 9.17) is 9.47 Å². The molecule has 2 rings (SSSR count). The zero-order valence-corrected chi connectivity index (χ0v) is 10.3. The normalized spacial score (nSPS) is 29.8. The number of hydrogen-bond acceptors (Lipinski definition) is 4. The van der Waals surface area contributed by atoms with E-state index in [9.17, 15) is 5.11 Å². The van der Waals surface area contributed by atoms with Crippen LogP contribution in [0.1, 0.15) is 33.1 Å². The SMILES string of the molecule is CC(C)(O)COC1COC2(CCNCC2)C1. The molecule has 16 heavy (non-hydrogen) atoms. The number of piperidine rings is 1. The van der Waals surface area contributed by atoms with Gasteiger partial charge in [-0.25, -0.2) is 0 Å². The van der Waals surface area contributed by atoms with Gasteiger partial charge in [-0.2, -0.15) is 0 Å². The molecule has 2 aliphatic rings. The predicted octanol–water partition coefficient (Wildman–Crippen LogP) is 0.685. The Hall–Kier alpha value is -0.160. The van der Waals surface area contributed by atoms with Crippen LogP contribution in [0.2, 0.25) is 0 Å². The minimum Gasteiger partial charge on any atom is -0.388 e. The Balaban J connectivity index is 1.79. The largest absolute Gasteiger partial charge is 0.388 e. The molecule has 0 amide bonds. The topological polar surface area (TPSA) is 50.7 Å². The molecule has 0 radical (unpaired) electrons. The highest BCUT2D eigenvalue weighted by Crippen LogP contribution is 2.35. The van der Waals surface area contributed by atoms with Gasteiger partial charge in [0, 0.05) is 6.42 Å². The van der Waals surface area contributed by atoms with Gasteiger partial charge in [0.05, 0.1) is 30.5 Å². The smallest absolute Gasteiger partial charge is 0.0837 e. The Kier molecular flexibility index (Phi) is 3.54.